The topological polar surface area (TPSA) is 187 Å². The minimum atomic E-state index is -1.11. The van der Waals surface area contributed by atoms with Gasteiger partial charge in [0.2, 0.25) is 0 Å². The van der Waals surface area contributed by atoms with E-state index in [-0.39, 0.29) is 43.5 Å². The van der Waals surface area contributed by atoms with E-state index in [1.807, 2.05) is 0 Å². The maximum atomic E-state index is 12.3. The van der Waals surface area contributed by atoms with Crippen molar-refractivity contribution in [3.63, 3.8) is 0 Å². The molecule has 2 heterocycles. The highest BCUT2D eigenvalue weighted by atomic mass is 35.5. The third kappa shape index (κ3) is 16.5. The van der Waals surface area contributed by atoms with Crippen molar-refractivity contribution in [3.8, 4) is 57.7 Å². The molecule has 454 valence electrons. The van der Waals surface area contributed by atoms with Gasteiger partial charge in [0, 0.05) is 57.3 Å². The number of aromatic nitrogens is 2. The zero-order valence-electron chi connectivity index (χ0n) is 47.7. The minimum absolute atomic E-state index is 0.0259. The van der Waals surface area contributed by atoms with Crippen LogP contribution in [0.5, 0.6) is 11.5 Å². The third-order valence-electron chi connectivity index (χ3n) is 15.0. The molecular formula is C69H54Cl6N2O12. The number of ether oxygens (including phenoxy) is 5. The first-order chi connectivity index (χ1) is 43.0. The quantitative estimate of drug-likeness (QED) is 0.0431. The van der Waals surface area contributed by atoms with Crippen LogP contribution in [0.1, 0.15) is 140 Å². The molecule has 20 heteroatoms. The number of esters is 3. The molecule has 0 unspecified atom stereocenters. The predicted octanol–water partition coefficient (Wildman–Crippen LogP) is 16.8. The Morgan fingerprint density at radius 2 is 0.933 bits per heavy atom. The second-order valence-electron chi connectivity index (χ2n) is 22.1. The summed E-state index contributed by atoms with van der Waals surface area (Å²) in [4.78, 5) is 48.6. The molecule has 4 aliphatic carbocycles. The van der Waals surface area contributed by atoms with Gasteiger partial charge in [0.25, 0.3) is 0 Å². The van der Waals surface area contributed by atoms with E-state index in [0.29, 0.717) is 134 Å². The zero-order valence-corrected chi connectivity index (χ0v) is 52.2. The molecule has 0 saturated heterocycles. The molecule has 6 aromatic carbocycles. The Labute approximate surface area is 542 Å². The monoisotopic (exact) mass is 1310 g/mol. The van der Waals surface area contributed by atoms with E-state index in [0.717, 1.165) is 74.0 Å². The molecular weight excluding hydrogens is 1260 g/mol. The van der Waals surface area contributed by atoms with E-state index in [2.05, 4.69) is 34.0 Å². The molecule has 0 aliphatic heterocycles. The molecule has 4 fully saturated rings. The second-order valence-corrected chi connectivity index (χ2v) is 24.5. The number of carbonyl (C=O) groups excluding carboxylic acids is 3. The molecule has 4 saturated carbocycles. The summed E-state index contributed by atoms with van der Waals surface area (Å²) in [6.45, 7) is 1.18. The average Bonchev–Trinajstić information content (AvgIpc) is 1.70. The van der Waals surface area contributed by atoms with Gasteiger partial charge in [-0.15, -0.1) is 0 Å². The van der Waals surface area contributed by atoms with Gasteiger partial charge in [-0.1, -0.05) is 116 Å². The van der Waals surface area contributed by atoms with Crippen LogP contribution in [0, 0.1) is 35.5 Å². The minimum Gasteiger partial charge on any atom is -0.489 e. The Morgan fingerprint density at radius 3 is 1.31 bits per heavy atom. The molecule has 0 atom stereocenters. The first-order valence-electron chi connectivity index (χ1n) is 28.7. The summed E-state index contributed by atoms with van der Waals surface area (Å²) in [5, 5.41) is 20.8. The first kappa shape index (κ1) is 62.7. The number of carboxylic acid groups (broad SMARTS) is 1. The van der Waals surface area contributed by atoms with Gasteiger partial charge in [-0.05, 0) is 159 Å². The van der Waals surface area contributed by atoms with Crippen LogP contribution >= 0.6 is 69.6 Å². The Hall–Kier alpha value is -7.92. The molecule has 0 bridgehead atoms. The SMILES string of the molecule is COC(=O)c1cc(C#Cc2ccc(OCc3c(-c4c(Cl)cccc4Cl)noc3C3CC3)cc2Cl)cc(CC(=O)OCC2CC2)c1.O=C(Cc1cc(C#Cc2ccc(OCc3c(-c4c(Cl)cccc4Cl)noc3C3CC3)cc2Cl)cc(C(=O)O)c1)OCC1CC1. The zero-order chi connectivity index (χ0) is 62.3. The van der Waals surface area contributed by atoms with E-state index >= 15 is 0 Å². The van der Waals surface area contributed by atoms with E-state index < -0.39 is 17.9 Å². The molecule has 2 aromatic heterocycles. The molecule has 0 spiro atoms. The lowest BCUT2D eigenvalue weighted by molar-refractivity contribution is -0.144. The highest BCUT2D eigenvalue weighted by Gasteiger charge is 2.35. The van der Waals surface area contributed by atoms with Gasteiger partial charge in [0.15, 0.2) is 0 Å². The van der Waals surface area contributed by atoms with Crippen LogP contribution in [0.25, 0.3) is 22.5 Å². The Bertz CT molecular complexity index is 4140. The number of carbonyl (C=O) groups is 4. The van der Waals surface area contributed by atoms with Crippen molar-refractivity contribution in [2.45, 2.75) is 89.3 Å². The molecule has 0 amide bonds. The van der Waals surface area contributed by atoms with Crippen molar-refractivity contribution >= 4 is 93.5 Å². The summed E-state index contributed by atoms with van der Waals surface area (Å²) in [6, 6.07) is 30.5. The summed E-state index contributed by atoms with van der Waals surface area (Å²) in [7, 11) is 1.30. The Kier molecular flexibility index (Phi) is 19.9. The number of benzene rings is 6. The highest BCUT2D eigenvalue weighted by molar-refractivity contribution is 6.40. The van der Waals surface area contributed by atoms with Gasteiger partial charge in [-0.3, -0.25) is 9.59 Å². The van der Waals surface area contributed by atoms with E-state index in [4.69, 9.17) is 102 Å². The molecule has 89 heavy (non-hydrogen) atoms. The van der Waals surface area contributed by atoms with E-state index in [1.165, 1.54) is 19.2 Å². The van der Waals surface area contributed by atoms with Crippen LogP contribution in [0.2, 0.25) is 30.1 Å². The summed E-state index contributed by atoms with van der Waals surface area (Å²) in [5.74, 6) is 13.8. The third-order valence-corrected chi connectivity index (χ3v) is 16.9. The molecule has 14 nitrogen and oxygen atoms in total. The highest BCUT2D eigenvalue weighted by Crippen LogP contribution is 2.48. The van der Waals surface area contributed by atoms with Gasteiger partial charge in [-0.25, -0.2) is 9.59 Å². The Morgan fingerprint density at radius 1 is 0.517 bits per heavy atom. The van der Waals surface area contributed by atoms with Crippen molar-refractivity contribution in [1.29, 1.82) is 0 Å². The second kappa shape index (κ2) is 28.3. The maximum absolute atomic E-state index is 12.3. The van der Waals surface area contributed by atoms with Gasteiger partial charge < -0.3 is 37.8 Å². The van der Waals surface area contributed by atoms with Crippen molar-refractivity contribution in [3.05, 3.63) is 206 Å². The number of hydrogen-bond acceptors (Lipinski definition) is 13. The van der Waals surface area contributed by atoms with Gasteiger partial charge >= 0.3 is 23.9 Å². The van der Waals surface area contributed by atoms with Crippen LogP contribution in [0.3, 0.4) is 0 Å². The molecule has 4 aliphatic rings. The van der Waals surface area contributed by atoms with Crippen molar-refractivity contribution in [2.75, 3.05) is 20.3 Å². The van der Waals surface area contributed by atoms with Crippen molar-refractivity contribution < 1.29 is 57.0 Å². The Balaban J connectivity index is 0.000000184. The molecule has 12 rings (SSSR count). The molecule has 1 N–H and O–H groups in total. The van der Waals surface area contributed by atoms with Gasteiger partial charge in [-0.2, -0.15) is 0 Å². The lowest BCUT2D eigenvalue weighted by Gasteiger charge is -2.10. The lowest BCUT2D eigenvalue weighted by Crippen LogP contribution is -2.11. The largest absolute Gasteiger partial charge is 0.489 e. The fraction of sp³-hybridized carbons (Fsp3) is 0.275. The van der Waals surface area contributed by atoms with Crippen molar-refractivity contribution in [1.82, 2.24) is 10.3 Å². The lowest BCUT2D eigenvalue weighted by atomic mass is 10.0. The fourth-order valence-corrected chi connectivity index (χ4v) is 11.2. The number of rotatable bonds is 20. The summed E-state index contributed by atoms with van der Waals surface area (Å²) in [5.41, 5.74) is 7.40. The predicted molar refractivity (Wildman–Crippen MR) is 337 cm³/mol. The van der Waals surface area contributed by atoms with Crippen LogP contribution in [-0.2, 0) is 49.9 Å². The van der Waals surface area contributed by atoms with Crippen LogP contribution in [-0.4, -0.2) is 59.6 Å². The number of halogens is 6. The number of aromatic carboxylic acids is 1. The fourth-order valence-electron chi connectivity index (χ4n) is 9.58. The van der Waals surface area contributed by atoms with Crippen molar-refractivity contribution in [2.24, 2.45) is 11.8 Å². The van der Waals surface area contributed by atoms with E-state index in [9.17, 15) is 24.3 Å². The number of nitrogens with zero attached hydrogens (tertiary/aromatic N) is 2. The number of carboxylic acids is 1. The van der Waals surface area contributed by atoms with Gasteiger partial charge in [0.1, 0.15) is 47.6 Å². The summed E-state index contributed by atoms with van der Waals surface area (Å²) < 4.78 is 39.2. The first-order valence-corrected chi connectivity index (χ1v) is 31.0. The van der Waals surface area contributed by atoms with Crippen LogP contribution in [0.4, 0.5) is 0 Å². The van der Waals surface area contributed by atoms with Crippen LogP contribution < -0.4 is 9.47 Å². The number of methoxy groups -OCH3 is 1. The smallest absolute Gasteiger partial charge is 0.337 e. The summed E-state index contributed by atoms with van der Waals surface area (Å²) >= 11 is 39.0. The molecule has 0 radical (unpaired) electrons. The standard InChI is InChI=1S/C35H28Cl3NO6.C34H26Cl3NO6/c1-42-35(41)25-14-21(13-22(15-25)16-31(40)44-18-20-5-6-20)7-8-23-11-12-26(17-30(23)38)43-19-27-33(39-45-34(27)24-9-10-24)32-28(36)3-2-4-29(32)37;35-27-2-1-3-28(36)31(27)32-26(33(44-38-32)23-8-9-23)18-42-25-11-10-22(29(37)16-25)7-6-20-12-21(14-24(13-20)34(40)41)15-30(39)43-17-19-4-5-19/h2-4,11-15,17,20,24H,5-6,9-10,16,18-19H2,1H3;1-3,10-14,16,19,23H,4-5,8-9,15,17-18H2,(H,40,41). The molecule has 8 aromatic rings. The van der Waals surface area contributed by atoms with Gasteiger partial charge in [0.05, 0.1) is 85.6 Å². The average molecular weight is 1320 g/mol. The maximum Gasteiger partial charge on any atom is 0.337 e. The normalized spacial score (nSPS) is 14.0. The number of hydrogen-bond donors (Lipinski definition) is 1. The summed E-state index contributed by atoms with van der Waals surface area (Å²) in [6.07, 6.45) is 8.37. The van der Waals surface area contributed by atoms with E-state index in [1.54, 1.807) is 97.1 Å². The van der Waals surface area contributed by atoms with Crippen LogP contribution in [0.15, 0.2) is 118 Å².